The molecule has 1 aromatic heterocycles. The third kappa shape index (κ3) is 1.57. The topological polar surface area (TPSA) is 22.0 Å². The number of carbonyl (C=O) groups is 1. The van der Waals surface area contributed by atoms with Gasteiger partial charge in [0.15, 0.2) is 0 Å². The van der Waals surface area contributed by atoms with Crippen LogP contribution in [0.4, 0.5) is 4.39 Å². The smallest absolute Gasteiger partial charge is 0.234 e. The monoisotopic (exact) mass is 245 g/mol. The lowest BCUT2D eigenvalue weighted by molar-refractivity contribution is 0.0889. The van der Waals surface area contributed by atoms with E-state index in [1.807, 2.05) is 19.9 Å². The van der Waals surface area contributed by atoms with Crippen molar-refractivity contribution < 1.29 is 9.18 Å². The number of nitrogens with zero attached hydrogens (tertiary/aromatic N) is 1. The lowest BCUT2D eigenvalue weighted by Crippen LogP contribution is -2.13. The fourth-order valence-corrected chi connectivity index (χ4v) is 2.50. The van der Waals surface area contributed by atoms with Crippen LogP contribution in [0.1, 0.15) is 35.8 Å². The Hall–Kier alpha value is -1.64. The molecule has 1 saturated carbocycles. The molecule has 18 heavy (non-hydrogen) atoms. The summed E-state index contributed by atoms with van der Waals surface area (Å²) in [5.41, 5.74) is 2.24. The predicted molar refractivity (Wildman–Crippen MR) is 69.4 cm³/mol. The van der Waals surface area contributed by atoms with Gasteiger partial charge >= 0.3 is 0 Å². The highest BCUT2D eigenvalue weighted by Gasteiger charge is 2.32. The van der Waals surface area contributed by atoms with Crippen LogP contribution in [0.3, 0.4) is 0 Å². The number of benzene rings is 1. The van der Waals surface area contributed by atoms with Gasteiger partial charge in [0.25, 0.3) is 0 Å². The molecule has 0 atom stereocenters. The molecule has 0 amide bonds. The quantitative estimate of drug-likeness (QED) is 0.790. The summed E-state index contributed by atoms with van der Waals surface area (Å²) in [5, 5.41) is 0.570. The Kier molecular flexibility index (Phi) is 2.51. The summed E-state index contributed by atoms with van der Waals surface area (Å²) < 4.78 is 15.9. The second-order valence-corrected chi connectivity index (χ2v) is 5.06. The average Bonchev–Trinajstić information content (AvgIpc) is 3.13. The van der Waals surface area contributed by atoms with Gasteiger partial charge in [0.2, 0.25) is 5.91 Å². The van der Waals surface area contributed by atoms with Crippen LogP contribution in [0.2, 0.25) is 0 Å². The van der Waals surface area contributed by atoms with Crippen LogP contribution in [0, 0.1) is 18.7 Å². The highest BCUT2D eigenvalue weighted by molar-refractivity contribution is 5.96. The number of aryl methyl sites for hydroxylation is 2. The third-order valence-corrected chi connectivity index (χ3v) is 3.71. The maximum Gasteiger partial charge on any atom is 0.234 e. The Balaban J connectivity index is 2.23. The SMILES string of the molecule is CCc1ccc2c(cc(C)n2C(=O)C2CC2)c1F. The fraction of sp³-hybridized carbons (Fsp3) is 0.400. The molecule has 1 aliphatic carbocycles. The van der Waals surface area contributed by atoms with Gasteiger partial charge in [-0.1, -0.05) is 13.0 Å². The minimum atomic E-state index is -0.180. The first-order valence-electron chi connectivity index (χ1n) is 6.47. The van der Waals surface area contributed by atoms with Gasteiger partial charge in [-0.15, -0.1) is 0 Å². The van der Waals surface area contributed by atoms with Crippen molar-refractivity contribution in [1.82, 2.24) is 4.57 Å². The minimum absolute atomic E-state index is 0.117. The molecule has 0 N–H and O–H groups in total. The molecule has 1 aromatic carbocycles. The molecule has 0 spiro atoms. The zero-order valence-corrected chi connectivity index (χ0v) is 10.7. The lowest BCUT2D eigenvalue weighted by Gasteiger charge is -2.06. The van der Waals surface area contributed by atoms with Crippen LogP contribution in [0.5, 0.6) is 0 Å². The number of halogens is 1. The van der Waals surface area contributed by atoms with Crippen molar-refractivity contribution in [3.8, 4) is 0 Å². The maximum atomic E-state index is 14.2. The molecule has 0 bridgehead atoms. The van der Waals surface area contributed by atoms with E-state index in [-0.39, 0.29) is 17.6 Å². The minimum Gasteiger partial charge on any atom is -0.284 e. The second-order valence-electron chi connectivity index (χ2n) is 5.06. The average molecular weight is 245 g/mol. The largest absolute Gasteiger partial charge is 0.284 e. The van der Waals surface area contributed by atoms with Crippen LogP contribution in [-0.4, -0.2) is 10.5 Å². The molecule has 1 fully saturated rings. The number of fused-ring (bicyclic) bond motifs is 1. The van der Waals surface area contributed by atoms with Crippen molar-refractivity contribution in [2.45, 2.75) is 33.1 Å². The first kappa shape index (κ1) is 11.5. The van der Waals surface area contributed by atoms with Gasteiger partial charge in [0.1, 0.15) is 5.82 Å². The molecule has 0 radical (unpaired) electrons. The molecule has 1 aliphatic rings. The van der Waals surface area contributed by atoms with E-state index >= 15 is 0 Å². The van der Waals surface area contributed by atoms with Gasteiger partial charge in [-0.05, 0) is 43.9 Å². The number of hydrogen-bond acceptors (Lipinski definition) is 1. The molecule has 2 nitrogen and oxygen atoms in total. The zero-order valence-electron chi connectivity index (χ0n) is 10.7. The van der Waals surface area contributed by atoms with Gasteiger partial charge in [0, 0.05) is 17.0 Å². The van der Waals surface area contributed by atoms with E-state index in [0.29, 0.717) is 22.9 Å². The second kappa shape index (κ2) is 3.94. The number of carbonyl (C=O) groups excluding carboxylic acids is 1. The molecule has 0 aliphatic heterocycles. The van der Waals surface area contributed by atoms with Crippen LogP contribution >= 0.6 is 0 Å². The molecule has 3 rings (SSSR count). The highest BCUT2D eigenvalue weighted by atomic mass is 19.1. The summed E-state index contributed by atoms with van der Waals surface area (Å²) in [7, 11) is 0. The summed E-state index contributed by atoms with van der Waals surface area (Å²) in [6.45, 7) is 3.80. The normalized spacial score (nSPS) is 15.3. The van der Waals surface area contributed by atoms with Crippen molar-refractivity contribution in [1.29, 1.82) is 0 Å². The molecule has 0 saturated heterocycles. The van der Waals surface area contributed by atoms with E-state index in [0.717, 1.165) is 18.5 Å². The van der Waals surface area contributed by atoms with Gasteiger partial charge < -0.3 is 0 Å². The summed E-state index contributed by atoms with van der Waals surface area (Å²) in [6.07, 6.45) is 2.60. The van der Waals surface area contributed by atoms with Crippen LogP contribution in [0.15, 0.2) is 18.2 Å². The van der Waals surface area contributed by atoms with E-state index in [1.165, 1.54) is 0 Å². The van der Waals surface area contributed by atoms with E-state index < -0.39 is 0 Å². The van der Waals surface area contributed by atoms with E-state index in [2.05, 4.69) is 0 Å². The Morgan fingerprint density at radius 2 is 2.17 bits per heavy atom. The van der Waals surface area contributed by atoms with Crippen LogP contribution in [0.25, 0.3) is 10.9 Å². The summed E-state index contributed by atoms with van der Waals surface area (Å²) in [5.74, 6) is 0.0832. The Labute approximate surface area is 105 Å². The Morgan fingerprint density at radius 1 is 1.44 bits per heavy atom. The molecule has 94 valence electrons. The molecule has 1 heterocycles. The molecule has 0 unspecified atom stereocenters. The zero-order chi connectivity index (χ0) is 12.9. The number of rotatable bonds is 2. The first-order chi connectivity index (χ1) is 8.63. The van der Waals surface area contributed by atoms with Crippen molar-refractivity contribution in [3.05, 3.63) is 35.3 Å². The summed E-state index contributed by atoms with van der Waals surface area (Å²) in [4.78, 5) is 12.2. The number of hydrogen-bond donors (Lipinski definition) is 0. The third-order valence-electron chi connectivity index (χ3n) is 3.71. The van der Waals surface area contributed by atoms with Gasteiger partial charge in [0.05, 0.1) is 5.52 Å². The van der Waals surface area contributed by atoms with Crippen LogP contribution in [-0.2, 0) is 6.42 Å². The summed E-state index contributed by atoms with van der Waals surface area (Å²) >= 11 is 0. The standard InChI is InChI=1S/C15H16FNO/c1-3-10-6-7-13-12(14(10)16)8-9(2)17(13)15(18)11-4-5-11/h6-8,11H,3-5H2,1-2H3. The lowest BCUT2D eigenvalue weighted by atomic mass is 10.1. The summed E-state index contributed by atoms with van der Waals surface area (Å²) in [6, 6.07) is 5.43. The van der Waals surface area contributed by atoms with Gasteiger partial charge in [-0.2, -0.15) is 0 Å². The predicted octanol–water partition coefficient (Wildman–Crippen LogP) is 3.70. The van der Waals surface area contributed by atoms with E-state index in [4.69, 9.17) is 0 Å². The van der Waals surface area contributed by atoms with Crippen molar-refractivity contribution in [2.75, 3.05) is 0 Å². The molecule has 3 heteroatoms. The molecular formula is C15H16FNO. The maximum absolute atomic E-state index is 14.2. The van der Waals surface area contributed by atoms with E-state index in [9.17, 15) is 9.18 Å². The van der Waals surface area contributed by atoms with Crippen molar-refractivity contribution in [2.24, 2.45) is 5.92 Å². The Morgan fingerprint density at radius 3 is 2.78 bits per heavy atom. The van der Waals surface area contributed by atoms with E-state index in [1.54, 1.807) is 16.7 Å². The number of aromatic nitrogens is 1. The molecular weight excluding hydrogens is 229 g/mol. The van der Waals surface area contributed by atoms with Crippen LogP contribution < -0.4 is 0 Å². The fourth-order valence-electron chi connectivity index (χ4n) is 2.50. The van der Waals surface area contributed by atoms with Crippen molar-refractivity contribution in [3.63, 3.8) is 0 Å². The van der Waals surface area contributed by atoms with Gasteiger partial charge in [-0.3, -0.25) is 9.36 Å². The van der Waals surface area contributed by atoms with Crippen molar-refractivity contribution >= 4 is 16.8 Å². The first-order valence-corrected chi connectivity index (χ1v) is 6.47. The Bertz CT molecular complexity index is 637. The highest BCUT2D eigenvalue weighted by Crippen LogP contribution is 2.34. The molecule has 2 aromatic rings. The van der Waals surface area contributed by atoms with Gasteiger partial charge in [-0.25, -0.2) is 4.39 Å².